The fraction of sp³-hybridized carbons (Fsp3) is 0.364. The van der Waals surface area contributed by atoms with Crippen LogP contribution in [0.4, 0.5) is 0 Å². The maximum Gasteiger partial charge on any atom is 0.188 e. The highest BCUT2D eigenvalue weighted by atomic mass is 79.9. The summed E-state index contributed by atoms with van der Waals surface area (Å²) in [6.45, 7) is 3.56. The molecule has 0 fully saturated rings. The van der Waals surface area contributed by atoms with Crippen molar-refractivity contribution in [2.75, 3.05) is 6.54 Å². The minimum absolute atomic E-state index is 0.507. The van der Waals surface area contributed by atoms with E-state index in [1.807, 2.05) is 24.3 Å². The molecule has 0 aliphatic rings. The first kappa shape index (κ1) is 12.0. The first-order valence-corrected chi connectivity index (χ1v) is 5.80. The summed E-state index contributed by atoms with van der Waals surface area (Å²) in [5.74, 6) is 0.507. The van der Waals surface area contributed by atoms with Crippen LogP contribution in [0.1, 0.15) is 18.9 Å². The van der Waals surface area contributed by atoms with Crippen molar-refractivity contribution < 1.29 is 0 Å². The molecule has 4 heteroatoms. The Morgan fingerprint density at radius 1 is 1.47 bits per heavy atom. The molecule has 82 valence electrons. The second kappa shape index (κ2) is 6.45. The van der Waals surface area contributed by atoms with Crippen molar-refractivity contribution in [3.63, 3.8) is 0 Å². The van der Waals surface area contributed by atoms with E-state index >= 15 is 0 Å². The van der Waals surface area contributed by atoms with Crippen molar-refractivity contribution in [2.45, 2.75) is 19.9 Å². The average Bonchev–Trinajstić information content (AvgIpc) is 2.25. The molecule has 0 aliphatic heterocycles. The topological polar surface area (TPSA) is 50.4 Å². The third kappa shape index (κ3) is 4.34. The van der Waals surface area contributed by atoms with Gasteiger partial charge in [0.05, 0.1) is 6.54 Å². The van der Waals surface area contributed by atoms with Gasteiger partial charge >= 0.3 is 0 Å². The number of nitrogens with two attached hydrogens (primary N) is 1. The fourth-order valence-corrected chi connectivity index (χ4v) is 1.52. The van der Waals surface area contributed by atoms with Gasteiger partial charge in [0.15, 0.2) is 5.96 Å². The molecule has 0 atom stereocenters. The van der Waals surface area contributed by atoms with Gasteiger partial charge in [0.25, 0.3) is 0 Å². The Bertz CT molecular complexity index is 336. The van der Waals surface area contributed by atoms with Crippen LogP contribution in [-0.4, -0.2) is 12.5 Å². The predicted octanol–water partition coefficient (Wildman–Crippen LogP) is 2.26. The summed E-state index contributed by atoms with van der Waals surface area (Å²) in [5.41, 5.74) is 6.82. The molecule has 3 N–H and O–H groups in total. The normalized spacial score (nSPS) is 11.5. The van der Waals surface area contributed by atoms with Gasteiger partial charge in [0.2, 0.25) is 0 Å². The highest BCUT2D eigenvalue weighted by molar-refractivity contribution is 9.10. The van der Waals surface area contributed by atoms with Crippen molar-refractivity contribution in [1.82, 2.24) is 5.32 Å². The van der Waals surface area contributed by atoms with Crippen LogP contribution in [0.15, 0.2) is 33.7 Å². The lowest BCUT2D eigenvalue weighted by Crippen LogP contribution is -2.32. The van der Waals surface area contributed by atoms with Gasteiger partial charge in [-0.2, -0.15) is 0 Å². The number of halogens is 1. The second-order valence-corrected chi connectivity index (χ2v) is 4.07. The maximum absolute atomic E-state index is 5.68. The number of guanidine groups is 1. The molecule has 0 bridgehead atoms. The van der Waals surface area contributed by atoms with E-state index in [1.165, 1.54) is 0 Å². The minimum Gasteiger partial charge on any atom is -0.370 e. The highest BCUT2D eigenvalue weighted by Gasteiger charge is 1.96. The van der Waals surface area contributed by atoms with Gasteiger partial charge in [-0.1, -0.05) is 41.1 Å². The third-order valence-corrected chi connectivity index (χ3v) is 2.71. The molecule has 1 rings (SSSR count). The predicted molar refractivity (Wildman–Crippen MR) is 67.8 cm³/mol. The number of aliphatic imine (C=N–C) groups is 1. The maximum atomic E-state index is 5.68. The molecule has 1 aromatic rings. The van der Waals surface area contributed by atoms with E-state index in [1.54, 1.807) is 0 Å². The van der Waals surface area contributed by atoms with Gasteiger partial charge in [0, 0.05) is 11.0 Å². The smallest absolute Gasteiger partial charge is 0.188 e. The van der Waals surface area contributed by atoms with Gasteiger partial charge < -0.3 is 11.1 Å². The van der Waals surface area contributed by atoms with Crippen molar-refractivity contribution in [3.05, 3.63) is 34.3 Å². The molecule has 0 aromatic heterocycles. The van der Waals surface area contributed by atoms with Gasteiger partial charge in [-0.05, 0) is 18.1 Å². The summed E-state index contributed by atoms with van der Waals surface area (Å²) in [7, 11) is 0. The van der Waals surface area contributed by atoms with E-state index in [0.29, 0.717) is 12.5 Å². The molecule has 0 unspecified atom stereocenters. The Labute approximate surface area is 98.9 Å². The molecule has 0 amide bonds. The fourth-order valence-electron chi connectivity index (χ4n) is 1.11. The highest BCUT2D eigenvalue weighted by Crippen LogP contribution is 2.16. The van der Waals surface area contributed by atoms with Crippen LogP contribution in [0, 0.1) is 0 Å². The van der Waals surface area contributed by atoms with E-state index in [4.69, 9.17) is 5.73 Å². The Morgan fingerprint density at radius 3 is 2.87 bits per heavy atom. The van der Waals surface area contributed by atoms with Crippen molar-refractivity contribution >= 4 is 21.9 Å². The van der Waals surface area contributed by atoms with Crippen molar-refractivity contribution in [2.24, 2.45) is 10.7 Å². The number of hydrogen-bond acceptors (Lipinski definition) is 1. The molecule has 0 heterocycles. The minimum atomic E-state index is 0.507. The number of benzene rings is 1. The molecular formula is C11H16BrN3. The van der Waals surface area contributed by atoms with Crippen LogP contribution in [0.25, 0.3) is 0 Å². The summed E-state index contributed by atoms with van der Waals surface area (Å²) in [4.78, 5) is 4.25. The number of nitrogens with one attached hydrogen (secondary N) is 1. The lowest BCUT2D eigenvalue weighted by Gasteiger charge is -2.04. The van der Waals surface area contributed by atoms with Crippen molar-refractivity contribution in [1.29, 1.82) is 0 Å². The van der Waals surface area contributed by atoms with Gasteiger partial charge in [0.1, 0.15) is 0 Å². The standard InChI is InChI=1S/C11H16BrN3/c1-2-7-14-11(13)15-8-9-5-3-4-6-10(9)12/h3-6H,2,7-8H2,1H3,(H3,13,14,15). The van der Waals surface area contributed by atoms with Gasteiger partial charge in [-0.15, -0.1) is 0 Å². The molecule has 0 spiro atoms. The Hall–Kier alpha value is -1.03. The number of hydrogen-bond donors (Lipinski definition) is 2. The molecule has 1 aromatic carbocycles. The Morgan fingerprint density at radius 2 is 2.20 bits per heavy atom. The molecule has 15 heavy (non-hydrogen) atoms. The van der Waals surface area contributed by atoms with E-state index in [9.17, 15) is 0 Å². The third-order valence-electron chi connectivity index (χ3n) is 1.93. The van der Waals surface area contributed by atoms with Gasteiger partial charge in [-0.25, -0.2) is 4.99 Å². The number of nitrogens with zero attached hydrogens (tertiary/aromatic N) is 1. The molecule has 3 nitrogen and oxygen atoms in total. The zero-order valence-corrected chi connectivity index (χ0v) is 10.4. The monoisotopic (exact) mass is 269 g/mol. The molecule has 0 saturated carbocycles. The quantitative estimate of drug-likeness (QED) is 0.651. The van der Waals surface area contributed by atoms with Crippen LogP contribution in [-0.2, 0) is 6.54 Å². The Balaban J connectivity index is 2.52. The van der Waals surface area contributed by atoms with Crippen LogP contribution in [0.2, 0.25) is 0 Å². The van der Waals surface area contributed by atoms with E-state index in [0.717, 1.165) is 23.0 Å². The summed E-state index contributed by atoms with van der Waals surface area (Å²) in [6.07, 6.45) is 1.05. The largest absolute Gasteiger partial charge is 0.370 e. The van der Waals surface area contributed by atoms with Crippen LogP contribution >= 0.6 is 15.9 Å². The molecule has 0 aliphatic carbocycles. The second-order valence-electron chi connectivity index (χ2n) is 3.22. The summed E-state index contributed by atoms with van der Waals surface area (Å²) in [6, 6.07) is 8.00. The zero-order valence-electron chi connectivity index (χ0n) is 8.83. The summed E-state index contributed by atoms with van der Waals surface area (Å²) < 4.78 is 1.07. The summed E-state index contributed by atoms with van der Waals surface area (Å²) in [5, 5.41) is 3.03. The Kier molecular flexibility index (Phi) is 5.18. The van der Waals surface area contributed by atoms with E-state index in [-0.39, 0.29) is 0 Å². The van der Waals surface area contributed by atoms with Crippen molar-refractivity contribution in [3.8, 4) is 0 Å². The molecule has 0 radical (unpaired) electrons. The van der Waals surface area contributed by atoms with E-state index < -0.39 is 0 Å². The van der Waals surface area contributed by atoms with Crippen LogP contribution < -0.4 is 11.1 Å². The van der Waals surface area contributed by atoms with Crippen LogP contribution in [0.5, 0.6) is 0 Å². The zero-order chi connectivity index (χ0) is 11.1. The first-order valence-electron chi connectivity index (χ1n) is 5.01. The van der Waals surface area contributed by atoms with Crippen LogP contribution in [0.3, 0.4) is 0 Å². The lowest BCUT2D eigenvalue weighted by atomic mass is 10.2. The first-order chi connectivity index (χ1) is 7.24. The lowest BCUT2D eigenvalue weighted by molar-refractivity contribution is 0.825. The number of rotatable bonds is 4. The van der Waals surface area contributed by atoms with E-state index in [2.05, 4.69) is 33.2 Å². The summed E-state index contributed by atoms with van der Waals surface area (Å²) >= 11 is 3.47. The van der Waals surface area contributed by atoms with Gasteiger partial charge in [-0.3, -0.25) is 0 Å². The molecule has 0 saturated heterocycles. The SMILES string of the molecule is CCCNC(N)=NCc1ccccc1Br. The average molecular weight is 270 g/mol. The molecular weight excluding hydrogens is 254 g/mol.